The van der Waals surface area contributed by atoms with Gasteiger partial charge in [-0.15, -0.1) is 0 Å². The van der Waals surface area contributed by atoms with E-state index in [4.69, 9.17) is 4.74 Å². The molecule has 0 radical (unpaired) electrons. The maximum Gasteiger partial charge on any atom is 0.122 e. The molecule has 0 fully saturated rings. The summed E-state index contributed by atoms with van der Waals surface area (Å²) in [5.41, 5.74) is 2.65. The van der Waals surface area contributed by atoms with Gasteiger partial charge in [0.2, 0.25) is 0 Å². The van der Waals surface area contributed by atoms with E-state index in [-0.39, 0.29) is 11.6 Å². The van der Waals surface area contributed by atoms with Crippen molar-refractivity contribution in [3.63, 3.8) is 0 Å². The molecule has 0 heterocycles. The van der Waals surface area contributed by atoms with Gasteiger partial charge in [-0.05, 0) is 43.9 Å². The fourth-order valence-electron chi connectivity index (χ4n) is 1.64. The molecule has 2 heteroatoms. The Morgan fingerprint density at radius 1 is 0.895 bits per heavy atom. The van der Waals surface area contributed by atoms with Crippen LogP contribution in [0.25, 0.3) is 0 Å². The lowest BCUT2D eigenvalue weighted by atomic mass is 9.97. The minimum Gasteiger partial charge on any atom is -0.491 e. The predicted molar refractivity (Wildman–Crippen MR) is 87.3 cm³/mol. The van der Waals surface area contributed by atoms with Crippen LogP contribution in [0.5, 0.6) is 5.75 Å². The molecule has 2 nitrogen and oxygen atoms in total. The Bertz CT molecular complexity index is 304. The average molecular weight is 270 g/mol. The molecule has 1 rings (SSSR count). The summed E-state index contributed by atoms with van der Waals surface area (Å²) in [6, 6.07) is 6.29. The van der Waals surface area contributed by atoms with Crippen molar-refractivity contribution in [1.82, 2.24) is 0 Å². The summed E-state index contributed by atoms with van der Waals surface area (Å²) in [4.78, 5) is 0. The normalized spacial score (nSPS) is 8.79. The molecule has 0 amide bonds. The van der Waals surface area contributed by atoms with Crippen LogP contribution in [0.2, 0.25) is 0 Å². The second-order valence-corrected chi connectivity index (χ2v) is 4.29. The molecule has 0 saturated heterocycles. The molecule has 0 atom stereocenters. The Morgan fingerprint density at radius 3 is 1.74 bits per heavy atom. The van der Waals surface area contributed by atoms with Crippen LogP contribution in [0.3, 0.4) is 0 Å². The molecule has 0 aromatic heterocycles. The molecule has 1 aromatic carbocycles. The lowest BCUT2D eigenvalue weighted by molar-refractivity contribution is 0.240. The molecule has 0 aliphatic carbocycles. The van der Waals surface area contributed by atoms with Gasteiger partial charge in [0.05, 0.1) is 6.10 Å². The van der Waals surface area contributed by atoms with Gasteiger partial charge in [-0.25, -0.2) is 0 Å². The van der Waals surface area contributed by atoms with Crippen molar-refractivity contribution >= 4 is 0 Å². The molecular weight excluding hydrogens is 236 g/mol. The van der Waals surface area contributed by atoms with Crippen LogP contribution in [0.1, 0.15) is 72.4 Å². The largest absolute Gasteiger partial charge is 0.491 e. The van der Waals surface area contributed by atoms with Crippen LogP contribution in [0.15, 0.2) is 18.2 Å². The maximum absolute atomic E-state index is 5.74. The molecule has 0 unspecified atom stereocenters. The van der Waals surface area contributed by atoms with E-state index in [1.165, 1.54) is 11.1 Å². The Labute approximate surface area is 120 Å². The molecule has 0 bridgehead atoms. The first-order valence-electron chi connectivity index (χ1n) is 7.28. The van der Waals surface area contributed by atoms with Crippen molar-refractivity contribution in [3.8, 4) is 5.75 Å². The lowest BCUT2D eigenvalue weighted by Crippen LogP contribution is -2.07. The van der Waals surface area contributed by atoms with E-state index >= 15 is 0 Å². The third-order valence-electron chi connectivity index (χ3n) is 2.31. The van der Waals surface area contributed by atoms with Crippen LogP contribution < -0.4 is 4.74 Å². The first-order chi connectivity index (χ1) is 8.52. The van der Waals surface area contributed by atoms with Gasteiger partial charge in [-0.3, -0.25) is 0 Å². The van der Waals surface area contributed by atoms with Gasteiger partial charge in [-0.1, -0.05) is 53.7 Å². The zero-order chi connectivity index (χ0) is 14.7. The zero-order valence-electron chi connectivity index (χ0n) is 14.3. The number of benzene rings is 1. The van der Waals surface area contributed by atoms with Crippen molar-refractivity contribution in [2.45, 2.75) is 74.3 Å². The number of hydrogen-bond donors (Lipinski definition) is 0. The summed E-state index contributed by atoms with van der Waals surface area (Å²) in [6.45, 7) is 18.7. The molecular formula is C17H34O2. The second-order valence-electron chi connectivity index (χ2n) is 4.29. The molecule has 114 valence electrons. The average Bonchev–Trinajstić information content (AvgIpc) is 2.36. The second kappa shape index (κ2) is 13.4. The van der Waals surface area contributed by atoms with Gasteiger partial charge in [-0.2, -0.15) is 0 Å². The first kappa shape index (κ1) is 23.1. The third kappa shape index (κ3) is 8.66. The molecule has 0 spiro atoms. The van der Waals surface area contributed by atoms with E-state index in [1.807, 2.05) is 33.8 Å². The summed E-state index contributed by atoms with van der Waals surface area (Å²) in [5, 5.41) is 0. The SMILES string of the molecule is CC.CC.Cc1c(OC(C)C)cccc1C(C)C.O. The van der Waals surface area contributed by atoms with Gasteiger partial charge < -0.3 is 10.2 Å². The predicted octanol–water partition coefficient (Wildman–Crippen LogP) is 5.13. The van der Waals surface area contributed by atoms with Crippen LogP contribution >= 0.6 is 0 Å². The van der Waals surface area contributed by atoms with E-state index in [0.717, 1.165) is 5.75 Å². The van der Waals surface area contributed by atoms with E-state index in [9.17, 15) is 0 Å². The van der Waals surface area contributed by atoms with Crippen molar-refractivity contribution < 1.29 is 10.2 Å². The molecule has 1 aromatic rings. The summed E-state index contributed by atoms with van der Waals surface area (Å²) in [7, 11) is 0. The van der Waals surface area contributed by atoms with Crippen LogP contribution in [-0.4, -0.2) is 11.6 Å². The Balaban J connectivity index is -0.000000467. The fourth-order valence-corrected chi connectivity index (χ4v) is 1.64. The highest BCUT2D eigenvalue weighted by Crippen LogP contribution is 2.27. The first-order valence-corrected chi connectivity index (χ1v) is 7.28. The van der Waals surface area contributed by atoms with Crippen molar-refractivity contribution in [3.05, 3.63) is 29.3 Å². The summed E-state index contributed by atoms with van der Waals surface area (Å²) in [5.74, 6) is 1.58. The van der Waals surface area contributed by atoms with E-state index in [1.54, 1.807) is 0 Å². The van der Waals surface area contributed by atoms with Gasteiger partial charge >= 0.3 is 0 Å². The number of hydrogen-bond acceptors (Lipinski definition) is 1. The lowest BCUT2D eigenvalue weighted by Gasteiger charge is -2.16. The van der Waals surface area contributed by atoms with E-state index < -0.39 is 0 Å². The standard InChI is InChI=1S/C13H20O.2C2H6.H2O/c1-9(2)12-7-6-8-13(11(12)5)14-10(3)4;2*1-2;/h6-10H,1-5H3;2*1-2H3;1H2. The smallest absolute Gasteiger partial charge is 0.122 e. The van der Waals surface area contributed by atoms with Gasteiger partial charge in [0.25, 0.3) is 0 Å². The molecule has 0 aliphatic heterocycles. The monoisotopic (exact) mass is 270 g/mol. The number of ether oxygens (including phenoxy) is 1. The molecule has 2 N–H and O–H groups in total. The Kier molecular flexibility index (Phi) is 16.3. The van der Waals surface area contributed by atoms with Gasteiger partial charge in [0, 0.05) is 0 Å². The molecule has 0 saturated carbocycles. The van der Waals surface area contributed by atoms with Gasteiger partial charge in [0.15, 0.2) is 0 Å². The fraction of sp³-hybridized carbons (Fsp3) is 0.647. The maximum atomic E-state index is 5.74. The summed E-state index contributed by atoms with van der Waals surface area (Å²) in [6.07, 6.45) is 0.246. The van der Waals surface area contributed by atoms with Crippen LogP contribution in [-0.2, 0) is 0 Å². The highest BCUT2D eigenvalue weighted by Gasteiger charge is 2.08. The third-order valence-corrected chi connectivity index (χ3v) is 2.31. The van der Waals surface area contributed by atoms with Crippen LogP contribution in [0.4, 0.5) is 0 Å². The highest BCUT2D eigenvalue weighted by atomic mass is 16.5. The quantitative estimate of drug-likeness (QED) is 0.750. The molecule has 0 aliphatic rings. The highest BCUT2D eigenvalue weighted by molar-refractivity contribution is 5.40. The van der Waals surface area contributed by atoms with Crippen molar-refractivity contribution in [2.24, 2.45) is 0 Å². The minimum absolute atomic E-state index is 0. The summed E-state index contributed by atoms with van der Waals surface area (Å²) >= 11 is 0. The summed E-state index contributed by atoms with van der Waals surface area (Å²) < 4.78 is 5.74. The van der Waals surface area contributed by atoms with Crippen LogP contribution in [0, 0.1) is 6.92 Å². The Hall–Kier alpha value is -1.02. The van der Waals surface area contributed by atoms with E-state index in [2.05, 4.69) is 46.8 Å². The minimum atomic E-state index is 0. The van der Waals surface area contributed by atoms with E-state index in [0.29, 0.717) is 5.92 Å². The molecule has 19 heavy (non-hydrogen) atoms. The van der Waals surface area contributed by atoms with Gasteiger partial charge in [0.1, 0.15) is 5.75 Å². The zero-order valence-corrected chi connectivity index (χ0v) is 14.3. The van der Waals surface area contributed by atoms with Crippen molar-refractivity contribution in [1.29, 1.82) is 0 Å². The van der Waals surface area contributed by atoms with Crippen molar-refractivity contribution in [2.75, 3.05) is 0 Å². The Morgan fingerprint density at radius 2 is 1.37 bits per heavy atom. The number of rotatable bonds is 3. The topological polar surface area (TPSA) is 40.7 Å².